The molecule has 0 heterocycles. The zero-order valence-electron chi connectivity index (χ0n) is 9.59. The summed E-state index contributed by atoms with van der Waals surface area (Å²) in [7, 11) is 1.29. The topological polar surface area (TPSA) is 26.3 Å². The number of hydrogen-bond acceptors (Lipinski definition) is 2. The molecule has 0 saturated carbocycles. The Labute approximate surface area is 98.6 Å². The third-order valence-electron chi connectivity index (χ3n) is 1.94. The first-order chi connectivity index (χ1) is 7.92. The van der Waals surface area contributed by atoms with Gasteiger partial charge in [0.15, 0.2) is 0 Å². The van der Waals surface area contributed by atoms with Crippen molar-refractivity contribution in [2.24, 2.45) is 0 Å². The van der Waals surface area contributed by atoms with Crippen LogP contribution < -0.4 is 0 Å². The molecular formula is C13H12F2O2. The molecule has 0 fully saturated rings. The highest BCUT2D eigenvalue weighted by atomic mass is 19.3. The summed E-state index contributed by atoms with van der Waals surface area (Å²) in [6.07, 6.45) is -0.480. The third-order valence-corrected chi connectivity index (χ3v) is 1.94. The lowest BCUT2D eigenvalue weighted by atomic mass is 10.1. The number of hydrogen-bond donors (Lipinski definition) is 0. The Morgan fingerprint density at radius 1 is 1.35 bits per heavy atom. The van der Waals surface area contributed by atoms with Crippen molar-refractivity contribution in [3.63, 3.8) is 0 Å². The number of carbonyl (C=O) groups excluding carboxylic acids is 1. The molecule has 90 valence electrons. The summed E-state index contributed by atoms with van der Waals surface area (Å²) in [5, 5.41) is 0. The van der Waals surface area contributed by atoms with Crippen LogP contribution in [0.2, 0.25) is 0 Å². The van der Waals surface area contributed by atoms with E-state index in [0.29, 0.717) is 11.1 Å². The average Bonchev–Trinajstić information content (AvgIpc) is 2.27. The monoisotopic (exact) mass is 238 g/mol. The molecule has 17 heavy (non-hydrogen) atoms. The fourth-order valence-electron chi connectivity index (χ4n) is 1.11. The van der Waals surface area contributed by atoms with Crippen molar-refractivity contribution in [3.8, 4) is 11.8 Å². The van der Waals surface area contributed by atoms with Crippen LogP contribution in [0.1, 0.15) is 29.3 Å². The first-order valence-corrected chi connectivity index (χ1v) is 4.97. The Morgan fingerprint density at radius 2 is 1.94 bits per heavy atom. The van der Waals surface area contributed by atoms with Gasteiger partial charge in [0.1, 0.15) is 0 Å². The zero-order valence-corrected chi connectivity index (χ0v) is 9.59. The maximum absolute atomic E-state index is 12.5. The van der Waals surface area contributed by atoms with E-state index >= 15 is 0 Å². The molecule has 0 aromatic heterocycles. The van der Waals surface area contributed by atoms with Crippen LogP contribution in [0, 0.1) is 11.8 Å². The summed E-state index contributed by atoms with van der Waals surface area (Å²) < 4.78 is 29.5. The summed E-state index contributed by atoms with van der Waals surface area (Å²) >= 11 is 0. The number of ether oxygens (including phenoxy) is 1. The van der Waals surface area contributed by atoms with Crippen LogP contribution in [0.25, 0.3) is 0 Å². The molecule has 0 radical (unpaired) electrons. The molecule has 2 nitrogen and oxygen atoms in total. The summed E-state index contributed by atoms with van der Waals surface area (Å²) in [5.41, 5.74) is 0.987. The van der Waals surface area contributed by atoms with Crippen molar-refractivity contribution in [2.45, 2.75) is 19.3 Å². The van der Waals surface area contributed by atoms with Gasteiger partial charge in [-0.2, -0.15) is 0 Å². The molecule has 0 unspecified atom stereocenters. The molecular weight excluding hydrogens is 226 g/mol. The molecule has 0 N–H and O–H groups in total. The number of methoxy groups -OCH3 is 1. The van der Waals surface area contributed by atoms with Crippen LogP contribution >= 0.6 is 0 Å². The number of halogens is 2. The van der Waals surface area contributed by atoms with Gasteiger partial charge in [0, 0.05) is 12.5 Å². The van der Waals surface area contributed by atoms with E-state index in [0.717, 1.165) is 6.92 Å². The van der Waals surface area contributed by atoms with Gasteiger partial charge in [-0.1, -0.05) is 11.8 Å². The van der Waals surface area contributed by atoms with Gasteiger partial charge >= 0.3 is 5.97 Å². The molecule has 0 saturated heterocycles. The molecule has 0 aliphatic rings. The highest BCUT2D eigenvalue weighted by Crippen LogP contribution is 2.15. The Balaban J connectivity index is 2.72. The van der Waals surface area contributed by atoms with Gasteiger partial charge in [0.2, 0.25) is 0 Å². The van der Waals surface area contributed by atoms with Gasteiger partial charge in [0.05, 0.1) is 19.1 Å². The van der Waals surface area contributed by atoms with Crippen molar-refractivity contribution in [1.29, 1.82) is 0 Å². The predicted molar refractivity (Wildman–Crippen MR) is 59.9 cm³/mol. The zero-order chi connectivity index (χ0) is 12.9. The van der Waals surface area contributed by atoms with Crippen molar-refractivity contribution in [2.75, 3.05) is 7.11 Å². The molecule has 0 aliphatic carbocycles. The van der Waals surface area contributed by atoms with E-state index in [4.69, 9.17) is 0 Å². The first kappa shape index (κ1) is 13.2. The number of esters is 1. The molecule has 0 amide bonds. The fraction of sp³-hybridized carbons (Fsp3) is 0.308. The second-order valence-electron chi connectivity index (χ2n) is 3.62. The van der Waals surface area contributed by atoms with Crippen LogP contribution in [-0.4, -0.2) is 19.0 Å². The molecule has 0 bridgehead atoms. The normalized spacial score (nSPS) is 10.4. The van der Waals surface area contributed by atoms with Crippen LogP contribution in [0.5, 0.6) is 0 Å². The van der Waals surface area contributed by atoms with E-state index in [1.165, 1.54) is 7.11 Å². The lowest BCUT2D eigenvalue weighted by Crippen LogP contribution is -2.06. The van der Waals surface area contributed by atoms with Crippen LogP contribution in [0.3, 0.4) is 0 Å². The molecule has 4 heteroatoms. The van der Waals surface area contributed by atoms with Gasteiger partial charge in [-0.25, -0.2) is 13.6 Å². The van der Waals surface area contributed by atoms with Crippen LogP contribution in [0.15, 0.2) is 24.3 Å². The Hall–Kier alpha value is -1.89. The summed E-state index contributed by atoms with van der Waals surface area (Å²) in [4.78, 5) is 11.1. The maximum atomic E-state index is 12.5. The quantitative estimate of drug-likeness (QED) is 0.585. The molecule has 1 aromatic carbocycles. The highest BCUT2D eigenvalue weighted by molar-refractivity contribution is 5.89. The average molecular weight is 238 g/mol. The molecule has 1 rings (SSSR count). The van der Waals surface area contributed by atoms with E-state index in [9.17, 15) is 13.6 Å². The summed E-state index contributed by atoms with van der Waals surface area (Å²) in [5.74, 6) is 1.77. The van der Waals surface area contributed by atoms with Gasteiger partial charge in [-0.15, -0.1) is 0 Å². The fourth-order valence-corrected chi connectivity index (χ4v) is 1.11. The highest BCUT2D eigenvalue weighted by Gasteiger charge is 2.18. The van der Waals surface area contributed by atoms with Crippen molar-refractivity contribution >= 4 is 5.97 Å². The van der Waals surface area contributed by atoms with Crippen molar-refractivity contribution in [1.82, 2.24) is 0 Å². The minimum Gasteiger partial charge on any atom is -0.465 e. The smallest absolute Gasteiger partial charge is 0.337 e. The van der Waals surface area contributed by atoms with Crippen molar-refractivity contribution in [3.05, 3.63) is 35.4 Å². The number of carbonyl (C=O) groups is 1. The minimum absolute atomic E-state index is 0.402. The Morgan fingerprint density at radius 3 is 2.41 bits per heavy atom. The molecule has 0 aliphatic heterocycles. The van der Waals surface area contributed by atoms with E-state index in [-0.39, 0.29) is 0 Å². The van der Waals surface area contributed by atoms with Crippen molar-refractivity contribution < 1.29 is 18.3 Å². The van der Waals surface area contributed by atoms with Gasteiger partial charge in [-0.05, 0) is 24.3 Å². The molecule has 0 atom stereocenters. The lowest BCUT2D eigenvalue weighted by Gasteiger charge is -2.02. The number of alkyl halides is 2. The predicted octanol–water partition coefficient (Wildman–Crippen LogP) is 2.87. The van der Waals surface area contributed by atoms with Crippen LogP contribution in [-0.2, 0) is 4.74 Å². The van der Waals surface area contributed by atoms with E-state index < -0.39 is 18.3 Å². The Bertz CT molecular complexity index is 447. The van der Waals surface area contributed by atoms with Gasteiger partial charge in [-0.3, -0.25) is 0 Å². The third kappa shape index (κ3) is 4.64. The number of rotatable bonds is 2. The molecule has 0 spiro atoms. The second-order valence-corrected chi connectivity index (χ2v) is 3.62. The minimum atomic E-state index is -2.78. The summed E-state index contributed by atoms with van der Waals surface area (Å²) in [6, 6.07) is 6.26. The van der Waals surface area contributed by atoms with Crippen LogP contribution in [0.4, 0.5) is 8.78 Å². The lowest BCUT2D eigenvalue weighted by molar-refractivity contribution is 0.0278. The maximum Gasteiger partial charge on any atom is 0.337 e. The van der Waals surface area contributed by atoms with Gasteiger partial charge in [0.25, 0.3) is 5.92 Å². The first-order valence-electron chi connectivity index (χ1n) is 4.97. The largest absolute Gasteiger partial charge is 0.465 e. The molecule has 1 aromatic rings. The van der Waals surface area contributed by atoms with E-state index in [1.54, 1.807) is 24.3 Å². The van der Waals surface area contributed by atoms with Gasteiger partial charge < -0.3 is 4.74 Å². The summed E-state index contributed by atoms with van der Waals surface area (Å²) in [6.45, 7) is 0.821. The number of benzene rings is 1. The standard InChI is InChI=1S/C13H12F2O2/c1-13(14,15)9-3-4-10-5-7-11(8-6-10)12(16)17-2/h5-8H,9H2,1-2H3. The SMILES string of the molecule is COC(=O)c1ccc(C#CCC(C)(F)F)cc1. The Kier molecular flexibility index (Phi) is 4.22. The van der Waals surface area contributed by atoms with E-state index in [1.807, 2.05) is 0 Å². The van der Waals surface area contributed by atoms with E-state index in [2.05, 4.69) is 16.6 Å². The second kappa shape index (κ2) is 5.44.